The van der Waals surface area contributed by atoms with E-state index in [-0.39, 0.29) is 6.54 Å². The van der Waals surface area contributed by atoms with Gasteiger partial charge in [-0.2, -0.15) is 0 Å². The Morgan fingerprint density at radius 1 is 1.59 bits per heavy atom. The lowest BCUT2D eigenvalue weighted by atomic mass is 10.1. The second-order valence-electron chi connectivity index (χ2n) is 3.75. The van der Waals surface area contributed by atoms with Crippen molar-refractivity contribution in [1.82, 2.24) is 9.55 Å². The minimum Gasteiger partial charge on any atom is -0.387 e. The van der Waals surface area contributed by atoms with Crippen molar-refractivity contribution < 1.29 is 14.2 Å². The van der Waals surface area contributed by atoms with E-state index < -0.39 is 35.9 Å². The number of rotatable bonds is 2. The summed E-state index contributed by atoms with van der Waals surface area (Å²) >= 11 is 0. The molecule has 0 radical (unpaired) electrons. The molecule has 0 amide bonds. The maximum atomic E-state index is 13.7. The molecule has 94 valence electrons. The van der Waals surface area contributed by atoms with Crippen molar-refractivity contribution >= 4 is 0 Å². The van der Waals surface area contributed by atoms with Crippen molar-refractivity contribution in [3.63, 3.8) is 0 Å². The molecule has 17 heavy (non-hydrogen) atoms. The first-order valence-corrected chi connectivity index (χ1v) is 5.03. The highest BCUT2D eigenvalue weighted by atomic mass is 19.1. The summed E-state index contributed by atoms with van der Waals surface area (Å²) in [5.74, 6) is 0. The number of nitrogens with zero attached hydrogens (tertiary/aromatic N) is 1. The minimum atomic E-state index is -1.77. The Balaban J connectivity index is 2.35. The number of hydrogen-bond acceptors (Lipinski definition) is 5. The first kappa shape index (κ1) is 12.0. The molecule has 1 aliphatic rings. The van der Waals surface area contributed by atoms with Gasteiger partial charge < -0.3 is 15.6 Å². The zero-order chi connectivity index (χ0) is 12.6. The number of hydrogen-bond donors (Lipinski definition) is 3. The van der Waals surface area contributed by atoms with E-state index in [1.807, 2.05) is 4.98 Å². The quantitative estimate of drug-likeness (QED) is 0.563. The lowest BCUT2D eigenvalue weighted by molar-refractivity contribution is -0.0225. The topological polar surface area (TPSA) is 110 Å². The molecule has 1 unspecified atom stereocenters. The van der Waals surface area contributed by atoms with Gasteiger partial charge in [0.2, 0.25) is 0 Å². The Bertz CT molecular complexity index is 513. The van der Waals surface area contributed by atoms with Crippen LogP contribution in [-0.4, -0.2) is 39.6 Å². The molecule has 4 atom stereocenters. The maximum absolute atomic E-state index is 13.7. The third-order valence-electron chi connectivity index (χ3n) is 2.65. The molecule has 0 bridgehead atoms. The van der Waals surface area contributed by atoms with Crippen LogP contribution in [0.2, 0.25) is 0 Å². The Kier molecular flexibility index (Phi) is 3.09. The zero-order valence-corrected chi connectivity index (χ0v) is 8.75. The second kappa shape index (κ2) is 4.40. The molecule has 0 saturated carbocycles. The molecular formula is C9H12FN3O4. The fourth-order valence-corrected chi connectivity index (χ4v) is 1.75. The van der Waals surface area contributed by atoms with E-state index >= 15 is 0 Å². The number of alkyl halides is 1. The average molecular weight is 245 g/mol. The van der Waals surface area contributed by atoms with Gasteiger partial charge >= 0.3 is 5.69 Å². The van der Waals surface area contributed by atoms with Gasteiger partial charge in [0.25, 0.3) is 5.56 Å². The number of aromatic amines is 1. The van der Waals surface area contributed by atoms with Crippen LogP contribution in [0.15, 0.2) is 21.9 Å². The van der Waals surface area contributed by atoms with Crippen molar-refractivity contribution in [2.45, 2.75) is 24.6 Å². The van der Waals surface area contributed by atoms with Gasteiger partial charge in [0.1, 0.15) is 12.2 Å². The van der Waals surface area contributed by atoms with Crippen LogP contribution in [0.3, 0.4) is 0 Å². The van der Waals surface area contributed by atoms with Crippen LogP contribution >= 0.6 is 0 Å². The predicted octanol–water partition coefficient (Wildman–Crippen LogP) is -1.91. The normalized spacial score (nSPS) is 32.9. The van der Waals surface area contributed by atoms with Crippen LogP contribution < -0.4 is 17.0 Å². The van der Waals surface area contributed by atoms with Gasteiger partial charge in [-0.3, -0.25) is 14.3 Å². The molecule has 1 aromatic rings. The summed E-state index contributed by atoms with van der Waals surface area (Å²) in [5, 5.41) is 9.47. The molecule has 2 heterocycles. The van der Waals surface area contributed by atoms with E-state index in [4.69, 9.17) is 10.5 Å². The van der Waals surface area contributed by atoms with E-state index in [0.717, 1.165) is 16.8 Å². The van der Waals surface area contributed by atoms with Gasteiger partial charge in [-0.15, -0.1) is 0 Å². The molecule has 0 spiro atoms. The number of ether oxygens (including phenoxy) is 1. The van der Waals surface area contributed by atoms with Gasteiger partial charge in [0, 0.05) is 18.8 Å². The molecule has 0 aromatic carbocycles. The van der Waals surface area contributed by atoms with E-state index in [9.17, 15) is 19.1 Å². The van der Waals surface area contributed by atoms with Gasteiger partial charge in [0.05, 0.1) is 0 Å². The molecule has 7 nitrogen and oxygen atoms in total. The van der Waals surface area contributed by atoms with Gasteiger partial charge in [-0.25, -0.2) is 9.18 Å². The van der Waals surface area contributed by atoms with Crippen molar-refractivity contribution in [3.05, 3.63) is 33.1 Å². The molecule has 2 rings (SSSR count). The standard InChI is InChI=1S/C9H12FN3O4/c10-6-7(15)4(3-11)17-8(6)13-2-1-5(14)12-9(13)16/h1-2,4,6-8,15H,3,11H2,(H,12,14,16)/t4-,6?,7-,8-/m1/s1. The monoisotopic (exact) mass is 245 g/mol. The van der Waals surface area contributed by atoms with Crippen LogP contribution in [0.1, 0.15) is 6.23 Å². The molecule has 4 N–H and O–H groups in total. The fourth-order valence-electron chi connectivity index (χ4n) is 1.75. The fraction of sp³-hybridized carbons (Fsp3) is 0.556. The number of aliphatic hydroxyl groups is 1. The van der Waals surface area contributed by atoms with E-state index in [2.05, 4.69) is 0 Å². The Hall–Kier alpha value is -1.51. The number of nitrogens with one attached hydrogen (secondary N) is 1. The average Bonchev–Trinajstić information content (AvgIpc) is 2.57. The van der Waals surface area contributed by atoms with Crippen molar-refractivity contribution in [2.75, 3.05) is 6.54 Å². The highest BCUT2D eigenvalue weighted by Crippen LogP contribution is 2.30. The van der Waals surface area contributed by atoms with Crippen LogP contribution in [0.4, 0.5) is 4.39 Å². The Labute approximate surface area is 94.6 Å². The Morgan fingerprint density at radius 3 is 2.82 bits per heavy atom. The molecule has 0 aliphatic carbocycles. The molecule has 1 aliphatic heterocycles. The summed E-state index contributed by atoms with van der Waals surface area (Å²) in [6.07, 6.45) is -4.18. The summed E-state index contributed by atoms with van der Waals surface area (Å²) in [5.41, 5.74) is 3.91. The smallest absolute Gasteiger partial charge is 0.330 e. The second-order valence-corrected chi connectivity index (χ2v) is 3.75. The van der Waals surface area contributed by atoms with Gasteiger partial charge in [-0.1, -0.05) is 0 Å². The first-order valence-electron chi connectivity index (χ1n) is 5.03. The summed E-state index contributed by atoms with van der Waals surface area (Å²) < 4.78 is 19.7. The molecular weight excluding hydrogens is 233 g/mol. The summed E-state index contributed by atoms with van der Waals surface area (Å²) in [4.78, 5) is 24.2. The molecule has 1 saturated heterocycles. The molecule has 8 heteroatoms. The zero-order valence-electron chi connectivity index (χ0n) is 8.75. The van der Waals surface area contributed by atoms with Gasteiger partial charge in [-0.05, 0) is 0 Å². The van der Waals surface area contributed by atoms with Crippen LogP contribution in [0.5, 0.6) is 0 Å². The van der Waals surface area contributed by atoms with Crippen molar-refractivity contribution in [3.8, 4) is 0 Å². The third-order valence-corrected chi connectivity index (χ3v) is 2.65. The number of nitrogens with two attached hydrogens (primary N) is 1. The van der Waals surface area contributed by atoms with E-state index in [0.29, 0.717) is 0 Å². The summed E-state index contributed by atoms with van der Waals surface area (Å²) in [7, 11) is 0. The van der Waals surface area contributed by atoms with Crippen LogP contribution in [0.25, 0.3) is 0 Å². The van der Waals surface area contributed by atoms with E-state index in [1.165, 1.54) is 0 Å². The molecule has 1 fully saturated rings. The predicted molar refractivity (Wildman–Crippen MR) is 55.2 cm³/mol. The summed E-state index contributed by atoms with van der Waals surface area (Å²) in [6.45, 7) is -0.0593. The minimum absolute atomic E-state index is 0.0593. The first-order chi connectivity index (χ1) is 8.04. The maximum Gasteiger partial charge on any atom is 0.330 e. The highest BCUT2D eigenvalue weighted by Gasteiger charge is 2.44. The number of halogens is 1. The van der Waals surface area contributed by atoms with Crippen LogP contribution in [0, 0.1) is 0 Å². The van der Waals surface area contributed by atoms with Crippen molar-refractivity contribution in [2.24, 2.45) is 5.73 Å². The SMILES string of the molecule is NC[C@H]1O[C@@H](n2ccc(=O)[nH]c2=O)C(F)[C@@H]1O. The lowest BCUT2D eigenvalue weighted by Crippen LogP contribution is -2.36. The highest BCUT2D eigenvalue weighted by molar-refractivity contribution is 4.93. The van der Waals surface area contributed by atoms with Crippen LogP contribution in [-0.2, 0) is 4.74 Å². The number of aromatic nitrogens is 2. The third kappa shape index (κ3) is 2.02. The Morgan fingerprint density at radius 2 is 2.29 bits per heavy atom. The van der Waals surface area contributed by atoms with Crippen molar-refractivity contribution in [1.29, 1.82) is 0 Å². The molecule has 1 aromatic heterocycles. The largest absolute Gasteiger partial charge is 0.387 e. The van der Waals surface area contributed by atoms with Gasteiger partial charge in [0.15, 0.2) is 12.4 Å². The number of aliphatic hydroxyl groups excluding tert-OH is 1. The number of H-pyrrole nitrogens is 1. The summed E-state index contributed by atoms with van der Waals surface area (Å²) in [6, 6.07) is 1.07. The van der Waals surface area contributed by atoms with E-state index in [1.54, 1.807) is 0 Å². The lowest BCUT2D eigenvalue weighted by Gasteiger charge is -2.15.